The molecule has 5 aromatic carbocycles. The summed E-state index contributed by atoms with van der Waals surface area (Å²) in [7, 11) is 0. The molecular formula is C31H19N3S. The van der Waals surface area contributed by atoms with Crippen LogP contribution in [0.3, 0.4) is 0 Å². The molecule has 0 spiro atoms. The lowest BCUT2D eigenvalue weighted by Crippen LogP contribution is -1.98. The topological polar surface area (TPSA) is 54.7 Å². The summed E-state index contributed by atoms with van der Waals surface area (Å²) in [6, 6.07) is 38.0. The molecule has 0 aliphatic rings. The highest BCUT2D eigenvalue weighted by Gasteiger charge is 2.17. The lowest BCUT2D eigenvalue weighted by Gasteiger charge is -2.15. The second-order valence-corrected chi connectivity index (χ2v) is 9.87. The normalized spacial score (nSPS) is 11.5. The average Bonchev–Trinajstić information content (AvgIpc) is 3.43. The van der Waals surface area contributed by atoms with Gasteiger partial charge in [0.2, 0.25) is 0 Å². The Labute approximate surface area is 205 Å². The maximum Gasteiger partial charge on any atom is 0.0992 e. The van der Waals surface area contributed by atoms with Gasteiger partial charge in [-0.3, -0.25) is 0 Å². The number of nitrogens with zero attached hydrogens (tertiary/aromatic N) is 2. The van der Waals surface area contributed by atoms with Crippen LogP contribution < -0.4 is 5.73 Å². The van der Waals surface area contributed by atoms with Crippen LogP contribution in [0.15, 0.2) is 103 Å². The van der Waals surface area contributed by atoms with Crippen LogP contribution in [0.4, 0.5) is 5.69 Å². The highest BCUT2D eigenvalue weighted by molar-refractivity contribution is 7.25. The van der Waals surface area contributed by atoms with Gasteiger partial charge < -0.3 is 10.3 Å². The Hall–Kier alpha value is -4.59. The van der Waals surface area contributed by atoms with Crippen molar-refractivity contribution >= 4 is 59.0 Å². The van der Waals surface area contributed by atoms with Crippen LogP contribution in [0.25, 0.3) is 58.8 Å². The van der Waals surface area contributed by atoms with Crippen LogP contribution in [0.1, 0.15) is 5.56 Å². The number of anilines is 1. The van der Waals surface area contributed by atoms with E-state index >= 15 is 0 Å². The molecule has 2 heterocycles. The fraction of sp³-hybridized carbons (Fsp3) is 0. The molecule has 7 rings (SSSR count). The summed E-state index contributed by atoms with van der Waals surface area (Å²) in [5.74, 6) is 0. The van der Waals surface area contributed by atoms with Gasteiger partial charge in [0, 0.05) is 42.2 Å². The predicted octanol–water partition coefficient (Wildman–Crippen LogP) is 8.27. The SMILES string of the molecule is N#Cc1ccc(-c2ccc3sc4ccc(N)cc4c3c2)c(-n2c3ccccc3c3ccccc32)c1. The molecule has 0 aliphatic heterocycles. The van der Waals surface area contributed by atoms with Gasteiger partial charge in [-0.15, -0.1) is 11.3 Å². The molecule has 7 aromatic rings. The third-order valence-electron chi connectivity index (χ3n) is 6.75. The van der Waals surface area contributed by atoms with E-state index in [-0.39, 0.29) is 0 Å². The van der Waals surface area contributed by atoms with Crippen LogP contribution >= 0.6 is 11.3 Å². The Morgan fingerprint density at radius 1 is 0.657 bits per heavy atom. The van der Waals surface area contributed by atoms with Crippen molar-refractivity contribution in [2.75, 3.05) is 5.73 Å². The molecule has 0 amide bonds. The predicted molar refractivity (Wildman–Crippen MR) is 148 cm³/mol. The van der Waals surface area contributed by atoms with Gasteiger partial charge in [0.25, 0.3) is 0 Å². The van der Waals surface area contributed by atoms with E-state index in [1.165, 1.54) is 30.9 Å². The zero-order valence-electron chi connectivity index (χ0n) is 18.7. The number of rotatable bonds is 2. The van der Waals surface area contributed by atoms with Crippen LogP contribution in [-0.2, 0) is 0 Å². The molecule has 4 heteroatoms. The Bertz CT molecular complexity index is 1930. The lowest BCUT2D eigenvalue weighted by molar-refractivity contribution is 1.18. The Kier molecular flexibility index (Phi) is 4.23. The number of hydrogen-bond donors (Lipinski definition) is 1. The van der Waals surface area contributed by atoms with Crippen LogP contribution in [0, 0.1) is 11.3 Å². The number of fused-ring (bicyclic) bond motifs is 6. The number of nitrogens with two attached hydrogens (primary N) is 1. The van der Waals surface area contributed by atoms with Crippen molar-refractivity contribution in [3.05, 3.63) is 109 Å². The molecule has 2 aromatic heterocycles. The highest BCUT2D eigenvalue weighted by atomic mass is 32.1. The number of hydrogen-bond acceptors (Lipinski definition) is 3. The second kappa shape index (κ2) is 7.46. The number of nitriles is 1. The van der Waals surface area contributed by atoms with E-state index in [4.69, 9.17) is 5.73 Å². The summed E-state index contributed by atoms with van der Waals surface area (Å²) < 4.78 is 4.75. The first-order valence-corrected chi connectivity index (χ1v) is 12.3. The summed E-state index contributed by atoms with van der Waals surface area (Å²) in [6.45, 7) is 0. The molecule has 0 fully saturated rings. The van der Waals surface area contributed by atoms with Crippen molar-refractivity contribution in [3.63, 3.8) is 0 Å². The van der Waals surface area contributed by atoms with Crippen molar-refractivity contribution in [1.29, 1.82) is 5.26 Å². The molecule has 0 atom stereocenters. The van der Waals surface area contributed by atoms with Crippen molar-refractivity contribution in [2.45, 2.75) is 0 Å². The van der Waals surface area contributed by atoms with Gasteiger partial charge >= 0.3 is 0 Å². The fourth-order valence-corrected chi connectivity index (χ4v) is 6.24. The molecule has 164 valence electrons. The van der Waals surface area contributed by atoms with E-state index in [0.717, 1.165) is 33.5 Å². The minimum atomic E-state index is 0.639. The summed E-state index contributed by atoms with van der Waals surface area (Å²) in [5, 5.41) is 14.5. The quantitative estimate of drug-likeness (QED) is 0.261. The fourth-order valence-electron chi connectivity index (χ4n) is 5.17. The Morgan fingerprint density at radius 2 is 1.31 bits per heavy atom. The van der Waals surface area contributed by atoms with E-state index < -0.39 is 0 Å². The molecule has 3 nitrogen and oxygen atoms in total. The third-order valence-corrected chi connectivity index (χ3v) is 7.90. The summed E-state index contributed by atoms with van der Waals surface area (Å²) in [5.41, 5.74) is 13.0. The van der Waals surface area contributed by atoms with Gasteiger partial charge in [0.05, 0.1) is 28.4 Å². The van der Waals surface area contributed by atoms with Gasteiger partial charge in [0.15, 0.2) is 0 Å². The second-order valence-electron chi connectivity index (χ2n) is 8.78. The standard InChI is InChI=1S/C31H19N3S/c32-18-19-9-12-22(20-10-13-30-25(16-20)26-17-21(33)11-14-31(26)35-30)29(15-19)34-27-7-3-1-5-23(27)24-6-2-4-8-28(24)34/h1-17H,33H2. The number of para-hydroxylation sites is 2. The number of thiophene rings is 1. The number of aromatic nitrogens is 1. The minimum absolute atomic E-state index is 0.639. The monoisotopic (exact) mass is 465 g/mol. The smallest absolute Gasteiger partial charge is 0.0992 e. The number of nitrogen functional groups attached to an aromatic ring is 1. The molecule has 0 aliphatic carbocycles. The number of benzene rings is 5. The zero-order valence-corrected chi connectivity index (χ0v) is 19.5. The van der Waals surface area contributed by atoms with E-state index in [1.54, 1.807) is 11.3 Å². The Morgan fingerprint density at radius 3 is 2.03 bits per heavy atom. The van der Waals surface area contributed by atoms with E-state index in [2.05, 4.69) is 95.6 Å². The molecule has 0 saturated carbocycles. The van der Waals surface area contributed by atoms with Gasteiger partial charge in [-0.1, -0.05) is 48.5 Å². The van der Waals surface area contributed by atoms with Crippen molar-refractivity contribution in [3.8, 4) is 22.9 Å². The average molecular weight is 466 g/mol. The van der Waals surface area contributed by atoms with E-state index in [0.29, 0.717) is 5.56 Å². The van der Waals surface area contributed by atoms with E-state index in [9.17, 15) is 5.26 Å². The maximum absolute atomic E-state index is 9.74. The summed E-state index contributed by atoms with van der Waals surface area (Å²) in [4.78, 5) is 0. The maximum atomic E-state index is 9.74. The minimum Gasteiger partial charge on any atom is -0.399 e. The van der Waals surface area contributed by atoms with Crippen molar-refractivity contribution < 1.29 is 0 Å². The van der Waals surface area contributed by atoms with Gasteiger partial charge in [-0.2, -0.15) is 5.26 Å². The molecule has 0 saturated heterocycles. The molecule has 35 heavy (non-hydrogen) atoms. The first-order chi connectivity index (χ1) is 17.2. The van der Waals surface area contributed by atoms with Crippen LogP contribution in [0.5, 0.6) is 0 Å². The van der Waals surface area contributed by atoms with Crippen LogP contribution in [0.2, 0.25) is 0 Å². The molecule has 0 radical (unpaired) electrons. The largest absolute Gasteiger partial charge is 0.399 e. The zero-order chi connectivity index (χ0) is 23.5. The molecule has 0 unspecified atom stereocenters. The van der Waals surface area contributed by atoms with Crippen molar-refractivity contribution in [1.82, 2.24) is 4.57 Å². The summed E-state index contributed by atoms with van der Waals surface area (Å²) >= 11 is 1.78. The van der Waals surface area contributed by atoms with Gasteiger partial charge in [-0.25, -0.2) is 0 Å². The van der Waals surface area contributed by atoms with Gasteiger partial charge in [-0.05, 0) is 60.2 Å². The van der Waals surface area contributed by atoms with Crippen molar-refractivity contribution in [2.24, 2.45) is 0 Å². The molecular weight excluding hydrogens is 446 g/mol. The lowest BCUT2D eigenvalue weighted by atomic mass is 9.99. The first kappa shape index (κ1) is 19.8. The van der Waals surface area contributed by atoms with Crippen LogP contribution in [-0.4, -0.2) is 4.57 Å². The highest BCUT2D eigenvalue weighted by Crippen LogP contribution is 2.40. The van der Waals surface area contributed by atoms with Gasteiger partial charge in [0.1, 0.15) is 0 Å². The molecule has 2 N–H and O–H groups in total. The summed E-state index contributed by atoms with van der Waals surface area (Å²) in [6.07, 6.45) is 0. The third kappa shape index (κ3) is 2.96. The Balaban J connectivity index is 1.57. The first-order valence-electron chi connectivity index (χ1n) is 11.5. The molecule has 0 bridgehead atoms. The van der Waals surface area contributed by atoms with E-state index in [1.807, 2.05) is 18.2 Å².